The fourth-order valence-electron chi connectivity index (χ4n) is 3.86. The second kappa shape index (κ2) is 11.6. The molecular weight excluding hydrogens is 426 g/mol. The van der Waals surface area contributed by atoms with E-state index in [1.165, 1.54) is 0 Å². The number of carbonyl (C=O) groups excluding carboxylic acids is 3. The van der Waals surface area contributed by atoms with Gasteiger partial charge in [-0.15, -0.1) is 0 Å². The fourth-order valence-corrected chi connectivity index (χ4v) is 3.86. The quantitative estimate of drug-likeness (QED) is 0.189. The van der Waals surface area contributed by atoms with Gasteiger partial charge in [-0.2, -0.15) is 0 Å². The van der Waals surface area contributed by atoms with Crippen molar-refractivity contribution in [3.05, 3.63) is 0 Å². The van der Waals surface area contributed by atoms with Gasteiger partial charge in [-0.25, -0.2) is 0 Å². The van der Waals surface area contributed by atoms with Crippen LogP contribution in [0.3, 0.4) is 0 Å². The Balaban J connectivity index is 1.46. The summed E-state index contributed by atoms with van der Waals surface area (Å²) in [5.41, 5.74) is -0.742. The maximum Gasteiger partial charge on any atom is 0.307 e. The maximum atomic E-state index is 12.3. The summed E-state index contributed by atoms with van der Waals surface area (Å²) in [4.78, 5) is 43.4. The predicted molar refractivity (Wildman–Crippen MR) is 123 cm³/mol. The summed E-state index contributed by atoms with van der Waals surface area (Å²) in [5, 5.41) is 0. The van der Waals surface area contributed by atoms with Gasteiger partial charge in [0.05, 0.1) is 24.7 Å². The lowest BCUT2D eigenvalue weighted by Crippen LogP contribution is -2.39. The molecule has 0 aromatic carbocycles. The molecule has 3 fully saturated rings. The standard InChI is InChI=1S/C24H41N3O6/c1-5-24(15-31-21(28)6-9-25-12-18(25)2,16-32-22(29)7-10-26-13-19(26)3)17-33-23(30)8-11-27-14-20(27)4/h18-20H,5-17H2,1-4H3/t18-,19-,20+,24?,25?,26?,27?/m1/s1. The molecule has 3 aliphatic rings. The summed E-state index contributed by atoms with van der Waals surface area (Å²) in [6.07, 6.45) is 1.53. The van der Waals surface area contributed by atoms with E-state index in [-0.39, 0.29) is 37.7 Å². The first-order valence-corrected chi connectivity index (χ1v) is 12.4. The van der Waals surface area contributed by atoms with Crippen LogP contribution in [0.25, 0.3) is 0 Å². The van der Waals surface area contributed by atoms with Gasteiger partial charge in [-0.05, 0) is 27.2 Å². The van der Waals surface area contributed by atoms with Gasteiger partial charge in [-0.3, -0.25) is 29.1 Å². The van der Waals surface area contributed by atoms with Gasteiger partial charge >= 0.3 is 17.9 Å². The fraction of sp³-hybridized carbons (Fsp3) is 0.875. The summed E-state index contributed by atoms with van der Waals surface area (Å²) < 4.78 is 16.7. The largest absolute Gasteiger partial charge is 0.465 e. The lowest BCUT2D eigenvalue weighted by Gasteiger charge is -2.31. The number of rotatable bonds is 16. The first-order valence-electron chi connectivity index (χ1n) is 12.4. The highest BCUT2D eigenvalue weighted by Gasteiger charge is 2.36. The molecule has 3 rings (SSSR count). The Labute approximate surface area is 197 Å². The van der Waals surface area contributed by atoms with E-state index >= 15 is 0 Å². The number of nitrogens with zero attached hydrogens (tertiary/aromatic N) is 3. The Morgan fingerprint density at radius 2 is 0.939 bits per heavy atom. The predicted octanol–water partition coefficient (Wildman–Crippen LogP) is 1.30. The van der Waals surface area contributed by atoms with Crippen molar-refractivity contribution in [3.8, 4) is 0 Å². The van der Waals surface area contributed by atoms with E-state index in [0.717, 1.165) is 19.6 Å². The monoisotopic (exact) mass is 467 g/mol. The molecule has 0 radical (unpaired) electrons. The first kappa shape index (κ1) is 25.9. The minimum atomic E-state index is -0.742. The maximum absolute atomic E-state index is 12.3. The molecule has 3 saturated heterocycles. The van der Waals surface area contributed by atoms with E-state index in [1.54, 1.807) is 0 Å². The minimum absolute atomic E-state index is 0.0603. The third-order valence-electron chi connectivity index (χ3n) is 7.14. The van der Waals surface area contributed by atoms with Crippen molar-refractivity contribution in [3.63, 3.8) is 0 Å². The molecule has 0 N–H and O–H groups in total. The summed E-state index contributed by atoms with van der Waals surface area (Å²) in [5.74, 6) is -0.845. The Hall–Kier alpha value is -1.71. The number of esters is 3. The highest BCUT2D eigenvalue weighted by Crippen LogP contribution is 2.26. The molecule has 33 heavy (non-hydrogen) atoms. The molecule has 0 bridgehead atoms. The van der Waals surface area contributed by atoms with E-state index < -0.39 is 5.41 Å². The molecule has 0 saturated carbocycles. The van der Waals surface area contributed by atoms with Crippen LogP contribution in [0, 0.1) is 5.41 Å². The van der Waals surface area contributed by atoms with E-state index in [9.17, 15) is 14.4 Å². The molecule has 188 valence electrons. The van der Waals surface area contributed by atoms with Crippen molar-refractivity contribution >= 4 is 17.9 Å². The van der Waals surface area contributed by atoms with Crippen LogP contribution in [-0.4, -0.2) is 110 Å². The third-order valence-corrected chi connectivity index (χ3v) is 7.14. The minimum Gasteiger partial charge on any atom is -0.465 e. The van der Waals surface area contributed by atoms with Crippen molar-refractivity contribution in [1.29, 1.82) is 0 Å². The SMILES string of the molecule is CCC(COC(=O)CCN1C[C@H]1C)(COC(=O)CCN1C[C@H]1C)COC(=O)CCN1C[C@@H]1C. The zero-order valence-corrected chi connectivity index (χ0v) is 20.7. The van der Waals surface area contributed by atoms with Crippen molar-refractivity contribution < 1.29 is 28.6 Å². The molecule has 9 heteroatoms. The van der Waals surface area contributed by atoms with Crippen molar-refractivity contribution in [2.24, 2.45) is 5.41 Å². The van der Waals surface area contributed by atoms with E-state index in [4.69, 9.17) is 14.2 Å². The molecule has 0 aromatic rings. The van der Waals surface area contributed by atoms with E-state index in [2.05, 4.69) is 35.5 Å². The Kier molecular flexibility index (Phi) is 9.12. The molecule has 0 amide bonds. The van der Waals surface area contributed by atoms with Gasteiger partial charge in [0.1, 0.15) is 19.8 Å². The van der Waals surface area contributed by atoms with Crippen LogP contribution < -0.4 is 0 Å². The Bertz CT molecular complexity index is 613. The number of ether oxygens (including phenoxy) is 3. The second-order valence-corrected chi connectivity index (χ2v) is 10.1. The third kappa shape index (κ3) is 8.87. The van der Waals surface area contributed by atoms with Gasteiger partial charge in [0.2, 0.25) is 0 Å². The van der Waals surface area contributed by atoms with Gasteiger partial charge in [0.15, 0.2) is 0 Å². The van der Waals surface area contributed by atoms with Crippen LogP contribution in [0.2, 0.25) is 0 Å². The zero-order chi connectivity index (χ0) is 24.0. The lowest BCUT2D eigenvalue weighted by molar-refractivity contribution is -0.162. The summed E-state index contributed by atoms with van der Waals surface area (Å²) in [6.45, 7) is 13.6. The summed E-state index contributed by atoms with van der Waals surface area (Å²) >= 11 is 0. The second-order valence-electron chi connectivity index (χ2n) is 10.1. The highest BCUT2D eigenvalue weighted by molar-refractivity contribution is 5.71. The van der Waals surface area contributed by atoms with Crippen LogP contribution in [-0.2, 0) is 28.6 Å². The molecule has 0 spiro atoms. The van der Waals surface area contributed by atoms with E-state index in [1.807, 2.05) is 6.92 Å². The normalized spacial score (nSPS) is 31.3. The van der Waals surface area contributed by atoms with Crippen molar-refractivity contribution in [2.75, 3.05) is 59.1 Å². The Morgan fingerprint density at radius 3 is 1.15 bits per heavy atom. The van der Waals surface area contributed by atoms with Crippen molar-refractivity contribution in [1.82, 2.24) is 14.7 Å². The van der Waals surface area contributed by atoms with E-state index in [0.29, 0.717) is 63.4 Å². The molecule has 3 heterocycles. The smallest absolute Gasteiger partial charge is 0.307 e. The average molecular weight is 468 g/mol. The van der Waals surface area contributed by atoms with Crippen molar-refractivity contribution in [2.45, 2.75) is 71.5 Å². The summed E-state index contributed by atoms with van der Waals surface area (Å²) in [7, 11) is 0. The average Bonchev–Trinajstić information content (AvgIpc) is 3.74. The molecule has 0 aromatic heterocycles. The molecule has 0 aliphatic carbocycles. The van der Waals surface area contributed by atoms with Gasteiger partial charge in [-0.1, -0.05) is 6.92 Å². The van der Waals surface area contributed by atoms with Crippen LogP contribution in [0.4, 0.5) is 0 Å². The molecule has 3 unspecified atom stereocenters. The molecule has 3 aliphatic heterocycles. The van der Waals surface area contributed by atoms with Gasteiger partial charge in [0, 0.05) is 57.4 Å². The highest BCUT2D eigenvalue weighted by atomic mass is 16.6. The van der Waals surface area contributed by atoms with Gasteiger partial charge < -0.3 is 14.2 Å². The van der Waals surface area contributed by atoms with Crippen LogP contribution in [0.1, 0.15) is 53.4 Å². The molecule has 6 atom stereocenters. The van der Waals surface area contributed by atoms with Crippen LogP contribution in [0.15, 0.2) is 0 Å². The number of carbonyl (C=O) groups is 3. The first-order chi connectivity index (χ1) is 15.7. The molecular formula is C24H41N3O6. The Morgan fingerprint density at radius 1 is 0.667 bits per heavy atom. The summed E-state index contributed by atoms with van der Waals surface area (Å²) in [6, 6.07) is 1.61. The number of hydrogen-bond donors (Lipinski definition) is 0. The molecule has 9 nitrogen and oxygen atoms in total. The van der Waals surface area contributed by atoms with Gasteiger partial charge in [0.25, 0.3) is 0 Å². The van der Waals surface area contributed by atoms with Crippen LogP contribution >= 0.6 is 0 Å². The number of hydrogen-bond acceptors (Lipinski definition) is 9. The topological polar surface area (TPSA) is 87.9 Å². The van der Waals surface area contributed by atoms with Crippen LogP contribution in [0.5, 0.6) is 0 Å². The zero-order valence-electron chi connectivity index (χ0n) is 20.7. The lowest BCUT2D eigenvalue weighted by atomic mass is 9.88.